The van der Waals surface area contributed by atoms with E-state index in [1.807, 2.05) is 6.92 Å². The van der Waals surface area contributed by atoms with E-state index in [0.717, 1.165) is 38.3 Å². The first kappa shape index (κ1) is 14.0. The fraction of sp³-hybridized carbons (Fsp3) is 0.769. The molecule has 0 atom stereocenters. The Balaban J connectivity index is 2.00. The van der Waals surface area contributed by atoms with E-state index in [0.29, 0.717) is 6.42 Å². The molecular formula is C13H22N4O2. The van der Waals surface area contributed by atoms with Crippen molar-refractivity contribution >= 4 is 5.97 Å². The summed E-state index contributed by atoms with van der Waals surface area (Å²) < 4.78 is 1.77. The average molecular weight is 266 g/mol. The zero-order valence-corrected chi connectivity index (χ0v) is 11.5. The summed E-state index contributed by atoms with van der Waals surface area (Å²) in [7, 11) is 0. The molecule has 2 heterocycles. The zero-order valence-electron chi connectivity index (χ0n) is 11.5. The second-order valence-electron chi connectivity index (χ2n) is 5.07. The summed E-state index contributed by atoms with van der Waals surface area (Å²) in [5.41, 5.74) is 0.868. The van der Waals surface area contributed by atoms with Crippen LogP contribution in [0.5, 0.6) is 0 Å². The lowest BCUT2D eigenvalue weighted by atomic mass is 10.1. The van der Waals surface area contributed by atoms with Crippen LogP contribution in [-0.4, -0.2) is 50.6 Å². The van der Waals surface area contributed by atoms with Crippen LogP contribution >= 0.6 is 0 Å². The summed E-state index contributed by atoms with van der Waals surface area (Å²) in [6.45, 7) is 5.98. The highest BCUT2D eigenvalue weighted by molar-refractivity contribution is 5.86. The van der Waals surface area contributed by atoms with Crippen molar-refractivity contribution in [1.82, 2.24) is 19.9 Å². The summed E-state index contributed by atoms with van der Waals surface area (Å²) in [6, 6.07) is 0. The lowest BCUT2D eigenvalue weighted by Gasteiger charge is -2.26. The van der Waals surface area contributed by atoms with Crippen LogP contribution in [-0.2, 0) is 13.0 Å². The molecule has 0 radical (unpaired) electrons. The van der Waals surface area contributed by atoms with Crippen molar-refractivity contribution in [3.63, 3.8) is 0 Å². The molecule has 2 rings (SSSR count). The van der Waals surface area contributed by atoms with Crippen LogP contribution in [0.15, 0.2) is 0 Å². The van der Waals surface area contributed by atoms with E-state index >= 15 is 0 Å². The number of hydrogen-bond donors (Lipinski definition) is 1. The molecule has 106 valence electrons. The smallest absolute Gasteiger partial charge is 0.358 e. The Morgan fingerprint density at radius 3 is 2.63 bits per heavy atom. The summed E-state index contributed by atoms with van der Waals surface area (Å²) in [6.07, 6.45) is 5.47. The third-order valence-electron chi connectivity index (χ3n) is 3.60. The molecule has 0 saturated carbocycles. The molecule has 6 nitrogen and oxygen atoms in total. The number of carbonyl (C=O) groups is 1. The Labute approximate surface area is 113 Å². The number of piperidine rings is 1. The number of hydrogen-bond acceptors (Lipinski definition) is 4. The van der Waals surface area contributed by atoms with Gasteiger partial charge in [0.2, 0.25) is 0 Å². The molecule has 0 aromatic carbocycles. The molecule has 0 aliphatic carbocycles. The number of nitrogens with zero attached hydrogens (tertiary/aromatic N) is 4. The molecule has 0 amide bonds. The molecule has 1 aromatic rings. The van der Waals surface area contributed by atoms with Gasteiger partial charge in [-0.2, -0.15) is 0 Å². The maximum Gasteiger partial charge on any atom is 0.358 e. The fourth-order valence-electron chi connectivity index (χ4n) is 2.58. The summed E-state index contributed by atoms with van der Waals surface area (Å²) in [5, 5.41) is 16.9. The third kappa shape index (κ3) is 3.53. The van der Waals surface area contributed by atoms with Gasteiger partial charge in [0.05, 0.1) is 12.2 Å². The second-order valence-corrected chi connectivity index (χ2v) is 5.07. The predicted octanol–water partition coefficient (Wildman–Crippen LogP) is 1.41. The molecule has 1 N–H and O–H groups in total. The Morgan fingerprint density at radius 1 is 1.26 bits per heavy atom. The fourth-order valence-corrected chi connectivity index (χ4v) is 2.58. The molecule has 0 spiro atoms. The highest BCUT2D eigenvalue weighted by Gasteiger charge is 2.18. The van der Waals surface area contributed by atoms with Crippen LogP contribution in [0.25, 0.3) is 0 Å². The number of likely N-dealkylation sites (tertiary alicyclic amines) is 1. The van der Waals surface area contributed by atoms with Crippen molar-refractivity contribution in [2.75, 3.05) is 19.6 Å². The van der Waals surface area contributed by atoms with Crippen LogP contribution in [0, 0.1) is 0 Å². The summed E-state index contributed by atoms with van der Waals surface area (Å²) in [4.78, 5) is 13.5. The predicted molar refractivity (Wildman–Crippen MR) is 71.3 cm³/mol. The van der Waals surface area contributed by atoms with Crippen molar-refractivity contribution in [1.29, 1.82) is 0 Å². The normalized spacial score (nSPS) is 16.7. The molecule has 1 aromatic heterocycles. The van der Waals surface area contributed by atoms with Crippen molar-refractivity contribution in [2.24, 2.45) is 0 Å². The lowest BCUT2D eigenvalue weighted by molar-refractivity contribution is 0.0689. The number of carboxylic acid groups (broad SMARTS) is 1. The van der Waals surface area contributed by atoms with E-state index in [1.54, 1.807) is 4.68 Å². The van der Waals surface area contributed by atoms with Gasteiger partial charge in [0, 0.05) is 6.54 Å². The van der Waals surface area contributed by atoms with Gasteiger partial charge in [0.15, 0.2) is 5.69 Å². The van der Waals surface area contributed by atoms with Crippen LogP contribution in [0.3, 0.4) is 0 Å². The van der Waals surface area contributed by atoms with Crippen LogP contribution in [0.2, 0.25) is 0 Å². The molecule has 19 heavy (non-hydrogen) atoms. The molecule has 1 aliphatic heterocycles. The minimum atomic E-state index is -0.979. The maximum atomic E-state index is 11.1. The molecule has 6 heteroatoms. The van der Waals surface area contributed by atoms with Gasteiger partial charge in [-0.25, -0.2) is 9.48 Å². The largest absolute Gasteiger partial charge is 0.476 e. The number of carboxylic acids is 1. The molecular weight excluding hydrogens is 244 g/mol. The maximum absolute atomic E-state index is 11.1. The topological polar surface area (TPSA) is 71.2 Å². The van der Waals surface area contributed by atoms with E-state index in [4.69, 9.17) is 5.11 Å². The van der Waals surface area contributed by atoms with E-state index in [2.05, 4.69) is 15.2 Å². The van der Waals surface area contributed by atoms with Crippen LogP contribution in [0.4, 0.5) is 0 Å². The van der Waals surface area contributed by atoms with Gasteiger partial charge in [-0.3, -0.25) is 0 Å². The molecule has 1 aliphatic rings. The first-order chi connectivity index (χ1) is 9.22. The van der Waals surface area contributed by atoms with Gasteiger partial charge in [0.25, 0.3) is 0 Å². The van der Waals surface area contributed by atoms with Gasteiger partial charge >= 0.3 is 5.97 Å². The average Bonchev–Trinajstić information content (AvgIpc) is 2.81. The highest BCUT2D eigenvalue weighted by atomic mass is 16.4. The highest BCUT2D eigenvalue weighted by Crippen LogP contribution is 2.11. The Hall–Kier alpha value is -1.43. The zero-order chi connectivity index (χ0) is 13.7. The Kier molecular flexibility index (Phi) is 4.90. The summed E-state index contributed by atoms with van der Waals surface area (Å²) in [5.74, 6) is -0.979. The number of rotatable bonds is 6. The van der Waals surface area contributed by atoms with Crippen molar-refractivity contribution < 1.29 is 9.90 Å². The van der Waals surface area contributed by atoms with Crippen LogP contribution in [0.1, 0.15) is 48.8 Å². The number of aromatic nitrogens is 3. The van der Waals surface area contributed by atoms with Gasteiger partial charge in [-0.1, -0.05) is 25.0 Å². The number of aromatic carboxylic acids is 1. The monoisotopic (exact) mass is 266 g/mol. The van der Waals surface area contributed by atoms with E-state index in [9.17, 15) is 4.79 Å². The molecule has 0 unspecified atom stereocenters. The molecule has 0 bridgehead atoms. The second kappa shape index (κ2) is 6.65. The lowest BCUT2D eigenvalue weighted by Crippen LogP contribution is -2.33. The minimum Gasteiger partial charge on any atom is -0.476 e. The third-order valence-corrected chi connectivity index (χ3v) is 3.60. The quantitative estimate of drug-likeness (QED) is 0.843. The Bertz CT molecular complexity index is 424. The van der Waals surface area contributed by atoms with Crippen LogP contribution < -0.4 is 0 Å². The first-order valence-corrected chi connectivity index (χ1v) is 7.10. The van der Waals surface area contributed by atoms with Gasteiger partial charge in [-0.05, 0) is 32.4 Å². The van der Waals surface area contributed by atoms with Crippen molar-refractivity contribution in [2.45, 2.75) is 45.6 Å². The van der Waals surface area contributed by atoms with E-state index in [1.165, 1.54) is 19.3 Å². The molecule has 1 saturated heterocycles. The Morgan fingerprint density at radius 2 is 2.00 bits per heavy atom. The SMILES string of the molecule is CCCc1c(C(=O)O)nnn1CCN1CCCCC1. The standard InChI is InChI=1S/C13H22N4O2/c1-2-6-11-12(13(18)19)14-15-17(11)10-9-16-7-4-3-5-8-16/h2-10H2,1H3,(H,18,19). The summed E-state index contributed by atoms with van der Waals surface area (Å²) >= 11 is 0. The van der Waals surface area contributed by atoms with Crippen molar-refractivity contribution in [3.05, 3.63) is 11.4 Å². The van der Waals surface area contributed by atoms with Gasteiger partial charge in [-0.15, -0.1) is 5.10 Å². The first-order valence-electron chi connectivity index (χ1n) is 7.10. The van der Waals surface area contributed by atoms with E-state index < -0.39 is 5.97 Å². The van der Waals surface area contributed by atoms with Gasteiger partial charge < -0.3 is 10.0 Å². The van der Waals surface area contributed by atoms with E-state index in [-0.39, 0.29) is 5.69 Å². The van der Waals surface area contributed by atoms with Crippen molar-refractivity contribution in [3.8, 4) is 0 Å². The minimum absolute atomic E-state index is 0.112. The molecule has 1 fully saturated rings. The van der Waals surface area contributed by atoms with Gasteiger partial charge in [0.1, 0.15) is 0 Å².